The van der Waals surface area contributed by atoms with Crippen LogP contribution >= 0.6 is 0 Å². The molecule has 1 heterocycles. The molecule has 0 bridgehead atoms. The maximum absolute atomic E-state index is 10.7. The molecule has 0 fully saturated rings. The quantitative estimate of drug-likeness (QED) is 0.535. The Bertz CT molecular complexity index is 231. The number of hydrogen-bond donors (Lipinski definition) is 0. The summed E-state index contributed by atoms with van der Waals surface area (Å²) in [6.07, 6.45) is 1.94. The molecule has 0 saturated carbocycles. The Morgan fingerprint density at radius 3 is 2.83 bits per heavy atom. The molecule has 1 rings (SSSR count). The first-order valence-corrected chi connectivity index (χ1v) is 3.65. The molecule has 0 spiro atoms. The van der Waals surface area contributed by atoms with Gasteiger partial charge in [-0.1, -0.05) is 0 Å². The molecule has 0 aliphatic carbocycles. The van der Waals surface area contributed by atoms with Crippen molar-refractivity contribution in [2.45, 2.75) is 26.1 Å². The summed E-state index contributed by atoms with van der Waals surface area (Å²) in [4.78, 5) is 21.2. The van der Waals surface area contributed by atoms with Gasteiger partial charge in [0.05, 0.1) is 0 Å². The van der Waals surface area contributed by atoms with Gasteiger partial charge >= 0.3 is 11.9 Å². The van der Waals surface area contributed by atoms with Gasteiger partial charge in [-0.15, -0.1) is 0 Å². The van der Waals surface area contributed by atoms with E-state index < -0.39 is 18.2 Å². The van der Waals surface area contributed by atoms with Crippen LogP contribution in [0.1, 0.15) is 13.8 Å². The van der Waals surface area contributed by atoms with Crippen LogP contribution in [-0.2, 0) is 19.1 Å². The summed E-state index contributed by atoms with van der Waals surface area (Å²) in [5.74, 6) is -0.777. The second-order valence-electron chi connectivity index (χ2n) is 2.58. The molecule has 0 N–H and O–H groups in total. The standard InChI is InChI=1S/C8H10O4/c1-5-7(12-6(2)9)3-4-8(10)11-5/h3-5,7H,1-2H3/t5-,7+/m0/s1. The fourth-order valence-corrected chi connectivity index (χ4v) is 0.946. The van der Waals surface area contributed by atoms with Crippen LogP contribution in [0.2, 0.25) is 0 Å². The molecule has 0 aromatic heterocycles. The van der Waals surface area contributed by atoms with Crippen LogP contribution in [0, 0.1) is 0 Å². The lowest BCUT2D eigenvalue weighted by Gasteiger charge is -2.23. The van der Waals surface area contributed by atoms with E-state index in [1.807, 2.05) is 0 Å². The van der Waals surface area contributed by atoms with Gasteiger partial charge in [0.2, 0.25) is 0 Å². The van der Waals surface area contributed by atoms with E-state index in [-0.39, 0.29) is 5.97 Å². The molecule has 1 aliphatic rings. The molecule has 0 radical (unpaired) electrons. The van der Waals surface area contributed by atoms with E-state index >= 15 is 0 Å². The molecule has 4 nitrogen and oxygen atoms in total. The van der Waals surface area contributed by atoms with Crippen LogP contribution in [0.5, 0.6) is 0 Å². The van der Waals surface area contributed by atoms with Gasteiger partial charge in [0.1, 0.15) is 6.10 Å². The van der Waals surface area contributed by atoms with Gasteiger partial charge < -0.3 is 9.47 Å². The van der Waals surface area contributed by atoms with Gasteiger partial charge in [0, 0.05) is 13.0 Å². The molecule has 0 unspecified atom stereocenters. The highest BCUT2D eigenvalue weighted by molar-refractivity contribution is 5.83. The van der Waals surface area contributed by atoms with Crippen molar-refractivity contribution < 1.29 is 19.1 Å². The van der Waals surface area contributed by atoms with E-state index in [1.54, 1.807) is 6.92 Å². The maximum Gasteiger partial charge on any atom is 0.330 e. The fraction of sp³-hybridized carbons (Fsp3) is 0.500. The predicted molar refractivity (Wildman–Crippen MR) is 40.2 cm³/mol. The van der Waals surface area contributed by atoms with Crippen molar-refractivity contribution in [3.8, 4) is 0 Å². The lowest BCUT2D eigenvalue weighted by atomic mass is 10.2. The summed E-state index contributed by atoms with van der Waals surface area (Å²) in [7, 11) is 0. The van der Waals surface area contributed by atoms with Crippen LogP contribution in [0.3, 0.4) is 0 Å². The predicted octanol–water partition coefficient (Wildman–Crippen LogP) is 0.420. The van der Waals surface area contributed by atoms with Crippen molar-refractivity contribution in [3.05, 3.63) is 12.2 Å². The molecular weight excluding hydrogens is 160 g/mol. The number of cyclic esters (lactones) is 1. The van der Waals surface area contributed by atoms with Gasteiger partial charge in [-0.3, -0.25) is 4.79 Å². The van der Waals surface area contributed by atoms with E-state index in [0.717, 1.165) is 0 Å². The second-order valence-corrected chi connectivity index (χ2v) is 2.58. The summed E-state index contributed by atoms with van der Waals surface area (Å²) < 4.78 is 9.65. The first-order valence-electron chi connectivity index (χ1n) is 3.65. The molecule has 1 aliphatic heterocycles. The van der Waals surface area contributed by atoms with Crippen LogP contribution in [0.15, 0.2) is 12.2 Å². The number of hydrogen-bond acceptors (Lipinski definition) is 4. The summed E-state index contributed by atoms with van der Waals surface area (Å²) in [6, 6.07) is 0. The molecular formula is C8H10O4. The Morgan fingerprint density at radius 2 is 2.33 bits per heavy atom. The normalized spacial score (nSPS) is 28.0. The summed E-state index contributed by atoms with van der Waals surface area (Å²) >= 11 is 0. The number of rotatable bonds is 1. The average Bonchev–Trinajstić information content (AvgIpc) is 1.94. The number of ether oxygens (including phenoxy) is 2. The number of carbonyl (C=O) groups is 2. The van der Waals surface area contributed by atoms with Crippen molar-refractivity contribution in [2.75, 3.05) is 0 Å². The van der Waals surface area contributed by atoms with E-state index in [0.29, 0.717) is 0 Å². The lowest BCUT2D eigenvalue weighted by Crippen LogP contribution is -2.33. The lowest BCUT2D eigenvalue weighted by molar-refractivity contribution is -0.160. The van der Waals surface area contributed by atoms with E-state index in [2.05, 4.69) is 0 Å². The van der Waals surface area contributed by atoms with Crippen molar-refractivity contribution in [1.82, 2.24) is 0 Å². The van der Waals surface area contributed by atoms with Crippen LogP contribution in [0.25, 0.3) is 0 Å². The maximum atomic E-state index is 10.7. The summed E-state index contributed by atoms with van der Waals surface area (Å²) in [5.41, 5.74) is 0. The van der Waals surface area contributed by atoms with Crippen LogP contribution in [-0.4, -0.2) is 24.1 Å². The first-order chi connectivity index (χ1) is 5.59. The Balaban J connectivity index is 2.60. The largest absolute Gasteiger partial charge is 0.455 e. The van der Waals surface area contributed by atoms with E-state index in [9.17, 15) is 9.59 Å². The second kappa shape index (κ2) is 3.38. The Hall–Kier alpha value is -1.32. The van der Waals surface area contributed by atoms with Gasteiger partial charge in [-0.2, -0.15) is 0 Å². The highest BCUT2D eigenvalue weighted by Gasteiger charge is 2.24. The van der Waals surface area contributed by atoms with Crippen LogP contribution < -0.4 is 0 Å². The van der Waals surface area contributed by atoms with Crippen LogP contribution in [0.4, 0.5) is 0 Å². The Morgan fingerprint density at radius 1 is 1.67 bits per heavy atom. The zero-order chi connectivity index (χ0) is 9.14. The molecule has 0 saturated heterocycles. The van der Waals surface area contributed by atoms with Gasteiger partial charge in [0.25, 0.3) is 0 Å². The van der Waals surface area contributed by atoms with Gasteiger partial charge in [-0.25, -0.2) is 4.79 Å². The molecule has 12 heavy (non-hydrogen) atoms. The van der Waals surface area contributed by atoms with Crippen molar-refractivity contribution in [1.29, 1.82) is 0 Å². The summed E-state index contributed by atoms with van der Waals surface area (Å²) in [5, 5.41) is 0. The topological polar surface area (TPSA) is 52.6 Å². The highest BCUT2D eigenvalue weighted by atomic mass is 16.6. The molecule has 0 aromatic carbocycles. The van der Waals surface area contributed by atoms with Gasteiger partial charge in [0.15, 0.2) is 6.10 Å². The minimum atomic E-state index is -0.444. The molecule has 0 aromatic rings. The summed E-state index contributed by atoms with van der Waals surface area (Å²) in [6.45, 7) is 2.99. The zero-order valence-electron chi connectivity index (χ0n) is 6.94. The van der Waals surface area contributed by atoms with Crippen molar-refractivity contribution in [2.24, 2.45) is 0 Å². The Kier molecular flexibility index (Phi) is 2.47. The third kappa shape index (κ3) is 2.08. The monoisotopic (exact) mass is 170 g/mol. The molecule has 4 heteroatoms. The Labute approximate surface area is 70.1 Å². The minimum absolute atomic E-state index is 0.380. The average molecular weight is 170 g/mol. The van der Waals surface area contributed by atoms with E-state index in [4.69, 9.17) is 9.47 Å². The molecule has 2 atom stereocenters. The van der Waals surface area contributed by atoms with Crippen molar-refractivity contribution in [3.63, 3.8) is 0 Å². The fourth-order valence-electron chi connectivity index (χ4n) is 0.946. The van der Waals surface area contributed by atoms with E-state index in [1.165, 1.54) is 19.1 Å². The molecule has 0 amide bonds. The molecule has 66 valence electrons. The highest BCUT2D eigenvalue weighted by Crippen LogP contribution is 2.11. The van der Waals surface area contributed by atoms with Crippen molar-refractivity contribution >= 4 is 11.9 Å². The number of esters is 2. The van der Waals surface area contributed by atoms with Gasteiger partial charge in [-0.05, 0) is 13.0 Å². The SMILES string of the molecule is CC(=O)O[C@@H]1C=CC(=O)O[C@H]1C. The first kappa shape index (κ1) is 8.77. The number of carbonyl (C=O) groups excluding carboxylic acids is 2. The third-order valence-corrected chi connectivity index (χ3v) is 1.49. The minimum Gasteiger partial charge on any atom is -0.455 e. The third-order valence-electron chi connectivity index (χ3n) is 1.49. The zero-order valence-corrected chi connectivity index (χ0v) is 6.94. The smallest absolute Gasteiger partial charge is 0.330 e.